The molecule has 7 heteroatoms. The first kappa shape index (κ1) is 19.9. The van der Waals surface area contributed by atoms with Crippen molar-refractivity contribution in [2.45, 2.75) is 12.8 Å². The minimum Gasteiger partial charge on any atom is -0.306 e. The Hall–Kier alpha value is -3.38. The molecule has 1 amide bonds. The smallest absolute Gasteiger partial charge is 0.270 e. The lowest BCUT2D eigenvalue weighted by atomic mass is 10.0. The highest BCUT2D eigenvalue weighted by atomic mass is 35.5. The van der Waals surface area contributed by atoms with E-state index < -0.39 is 5.92 Å². The van der Waals surface area contributed by atoms with Crippen LogP contribution in [0.1, 0.15) is 22.8 Å². The van der Waals surface area contributed by atoms with E-state index in [0.717, 1.165) is 12.3 Å². The number of alkyl halides is 2. The normalized spacial score (nSPS) is 11.5. The SMILES string of the molecule is CC(F)(F)c1cccc(-c2ccc3cccc(C(=O)Nc4ccc(Cl)cn4)c3n2)c1. The zero-order valence-electron chi connectivity index (χ0n) is 15.9. The molecule has 0 fully saturated rings. The van der Waals surface area contributed by atoms with Crippen LogP contribution in [0.25, 0.3) is 22.2 Å². The lowest BCUT2D eigenvalue weighted by molar-refractivity contribution is 0.0175. The maximum atomic E-state index is 13.7. The van der Waals surface area contributed by atoms with Crippen LogP contribution in [0.2, 0.25) is 5.02 Å². The summed E-state index contributed by atoms with van der Waals surface area (Å²) in [5.41, 5.74) is 1.77. The van der Waals surface area contributed by atoms with Gasteiger partial charge < -0.3 is 5.32 Å². The quantitative estimate of drug-likeness (QED) is 0.418. The summed E-state index contributed by atoms with van der Waals surface area (Å²) in [7, 11) is 0. The maximum absolute atomic E-state index is 13.7. The number of hydrogen-bond acceptors (Lipinski definition) is 3. The molecule has 30 heavy (non-hydrogen) atoms. The fraction of sp³-hybridized carbons (Fsp3) is 0.0870. The second-order valence-electron chi connectivity index (χ2n) is 6.86. The van der Waals surface area contributed by atoms with Gasteiger partial charge in [-0.05, 0) is 30.3 Å². The number of benzene rings is 2. The van der Waals surface area contributed by atoms with Gasteiger partial charge in [0.15, 0.2) is 0 Å². The average molecular weight is 424 g/mol. The first-order valence-corrected chi connectivity index (χ1v) is 9.50. The summed E-state index contributed by atoms with van der Waals surface area (Å²) < 4.78 is 27.4. The number of nitrogens with one attached hydrogen (secondary N) is 1. The van der Waals surface area contributed by atoms with E-state index in [2.05, 4.69) is 15.3 Å². The van der Waals surface area contributed by atoms with Crippen molar-refractivity contribution >= 4 is 34.2 Å². The lowest BCUT2D eigenvalue weighted by Crippen LogP contribution is -2.13. The number of fused-ring (bicyclic) bond motifs is 1. The molecule has 0 aliphatic heterocycles. The van der Waals surface area contributed by atoms with Crippen molar-refractivity contribution in [3.8, 4) is 11.3 Å². The molecule has 0 saturated heterocycles. The van der Waals surface area contributed by atoms with Gasteiger partial charge in [-0.15, -0.1) is 0 Å². The molecule has 150 valence electrons. The van der Waals surface area contributed by atoms with Gasteiger partial charge in [-0.25, -0.2) is 18.7 Å². The molecule has 0 saturated carbocycles. The summed E-state index contributed by atoms with van der Waals surface area (Å²) in [6, 6.07) is 18.1. The summed E-state index contributed by atoms with van der Waals surface area (Å²) >= 11 is 5.83. The van der Waals surface area contributed by atoms with Crippen LogP contribution < -0.4 is 5.32 Å². The number of carbonyl (C=O) groups is 1. The van der Waals surface area contributed by atoms with Gasteiger partial charge in [-0.1, -0.05) is 48.0 Å². The number of anilines is 1. The molecule has 0 atom stereocenters. The number of hydrogen-bond donors (Lipinski definition) is 1. The molecule has 4 rings (SSSR count). The zero-order chi connectivity index (χ0) is 21.3. The molecule has 4 aromatic rings. The molecule has 0 unspecified atom stereocenters. The van der Waals surface area contributed by atoms with E-state index in [1.54, 1.807) is 42.5 Å². The van der Waals surface area contributed by atoms with E-state index in [4.69, 9.17) is 11.6 Å². The lowest BCUT2D eigenvalue weighted by Gasteiger charge is -2.12. The molecule has 2 aromatic carbocycles. The third kappa shape index (κ3) is 4.14. The van der Waals surface area contributed by atoms with E-state index in [-0.39, 0.29) is 11.5 Å². The van der Waals surface area contributed by atoms with Crippen LogP contribution in [-0.2, 0) is 5.92 Å². The number of pyridine rings is 2. The van der Waals surface area contributed by atoms with Gasteiger partial charge in [0.25, 0.3) is 11.8 Å². The minimum absolute atomic E-state index is 0.0956. The molecule has 2 heterocycles. The minimum atomic E-state index is -2.95. The largest absolute Gasteiger partial charge is 0.306 e. The number of rotatable bonds is 4. The first-order chi connectivity index (χ1) is 14.3. The Morgan fingerprint density at radius 2 is 1.83 bits per heavy atom. The first-order valence-electron chi connectivity index (χ1n) is 9.13. The highest BCUT2D eigenvalue weighted by Gasteiger charge is 2.24. The van der Waals surface area contributed by atoms with Crippen LogP contribution >= 0.6 is 11.6 Å². The second-order valence-corrected chi connectivity index (χ2v) is 7.30. The Kier molecular flexibility index (Phi) is 5.18. The Balaban J connectivity index is 1.74. The standard InChI is InChI=1S/C23H16ClF2N3O/c1-23(25,26)16-6-2-5-15(12-16)19-10-8-14-4-3-7-18(21(14)28-19)22(30)29-20-11-9-17(24)13-27-20/h2-13H,1H3,(H,27,29,30). The number of halogens is 3. The predicted octanol–water partition coefficient (Wildman–Crippen LogP) is 6.31. The van der Waals surface area contributed by atoms with Gasteiger partial charge >= 0.3 is 0 Å². The molecule has 1 N–H and O–H groups in total. The van der Waals surface area contributed by atoms with Crippen molar-refractivity contribution < 1.29 is 13.6 Å². The number of amides is 1. The Labute approximate surface area is 176 Å². The molecule has 0 radical (unpaired) electrons. The molecule has 0 spiro atoms. The van der Waals surface area contributed by atoms with Crippen molar-refractivity contribution in [2.24, 2.45) is 0 Å². The molecule has 0 aliphatic carbocycles. The van der Waals surface area contributed by atoms with Crippen molar-refractivity contribution in [2.75, 3.05) is 5.32 Å². The molecule has 4 nitrogen and oxygen atoms in total. The maximum Gasteiger partial charge on any atom is 0.270 e. The van der Waals surface area contributed by atoms with E-state index in [9.17, 15) is 13.6 Å². The fourth-order valence-electron chi connectivity index (χ4n) is 3.08. The number of nitrogens with zero attached hydrogens (tertiary/aromatic N) is 2. The van der Waals surface area contributed by atoms with Crippen LogP contribution in [0.4, 0.5) is 14.6 Å². The van der Waals surface area contributed by atoms with Crippen LogP contribution in [0.5, 0.6) is 0 Å². The van der Waals surface area contributed by atoms with Crippen LogP contribution in [0.15, 0.2) is 72.9 Å². The summed E-state index contributed by atoms with van der Waals surface area (Å²) in [6.07, 6.45) is 1.44. The van der Waals surface area contributed by atoms with Gasteiger partial charge in [0, 0.05) is 29.6 Å². The highest BCUT2D eigenvalue weighted by Crippen LogP contribution is 2.31. The van der Waals surface area contributed by atoms with Crippen molar-refractivity contribution in [3.05, 3.63) is 89.1 Å². The zero-order valence-corrected chi connectivity index (χ0v) is 16.6. The molecule has 2 aromatic heterocycles. The summed E-state index contributed by atoms with van der Waals surface area (Å²) in [4.78, 5) is 21.5. The fourth-order valence-corrected chi connectivity index (χ4v) is 3.19. The van der Waals surface area contributed by atoms with Crippen LogP contribution in [0, 0.1) is 0 Å². The molecular weight excluding hydrogens is 408 g/mol. The van der Waals surface area contributed by atoms with E-state index in [1.165, 1.54) is 18.3 Å². The number of para-hydroxylation sites is 1. The van der Waals surface area contributed by atoms with Gasteiger partial charge in [0.2, 0.25) is 0 Å². The Morgan fingerprint density at radius 1 is 1.03 bits per heavy atom. The summed E-state index contributed by atoms with van der Waals surface area (Å²) in [6.45, 7) is 0.854. The monoisotopic (exact) mass is 423 g/mol. The number of aromatic nitrogens is 2. The third-order valence-electron chi connectivity index (χ3n) is 4.60. The van der Waals surface area contributed by atoms with Gasteiger partial charge in [-0.2, -0.15) is 0 Å². The van der Waals surface area contributed by atoms with E-state index in [0.29, 0.717) is 33.2 Å². The van der Waals surface area contributed by atoms with Crippen molar-refractivity contribution in [3.63, 3.8) is 0 Å². The number of carbonyl (C=O) groups excluding carboxylic acids is 1. The van der Waals surface area contributed by atoms with E-state index in [1.807, 2.05) is 12.1 Å². The molecule has 0 aliphatic rings. The predicted molar refractivity (Wildman–Crippen MR) is 114 cm³/mol. The van der Waals surface area contributed by atoms with Crippen molar-refractivity contribution in [1.82, 2.24) is 9.97 Å². The van der Waals surface area contributed by atoms with Crippen LogP contribution in [0.3, 0.4) is 0 Å². The third-order valence-corrected chi connectivity index (χ3v) is 4.82. The van der Waals surface area contributed by atoms with Crippen LogP contribution in [-0.4, -0.2) is 15.9 Å². The highest BCUT2D eigenvalue weighted by molar-refractivity contribution is 6.30. The topological polar surface area (TPSA) is 54.9 Å². The second kappa shape index (κ2) is 7.80. The van der Waals surface area contributed by atoms with Gasteiger partial charge in [-0.3, -0.25) is 4.79 Å². The summed E-state index contributed by atoms with van der Waals surface area (Å²) in [5, 5.41) is 3.94. The average Bonchev–Trinajstić information content (AvgIpc) is 2.74. The molecule has 0 bridgehead atoms. The Morgan fingerprint density at radius 3 is 2.57 bits per heavy atom. The van der Waals surface area contributed by atoms with Gasteiger partial charge in [0.05, 0.1) is 21.8 Å². The summed E-state index contributed by atoms with van der Waals surface area (Å²) in [5.74, 6) is -2.98. The molecular formula is C23H16ClF2N3O. The van der Waals surface area contributed by atoms with E-state index >= 15 is 0 Å². The van der Waals surface area contributed by atoms with Gasteiger partial charge in [0.1, 0.15) is 5.82 Å². The van der Waals surface area contributed by atoms with Crippen molar-refractivity contribution in [1.29, 1.82) is 0 Å². The Bertz CT molecular complexity index is 1240.